The number of hydrogen-bond acceptors (Lipinski definition) is 2. The van der Waals surface area contributed by atoms with Gasteiger partial charge in [-0.2, -0.15) is 0 Å². The highest BCUT2D eigenvalue weighted by Gasteiger charge is 2.38. The lowest BCUT2D eigenvalue weighted by Gasteiger charge is -2.46. The van der Waals surface area contributed by atoms with Crippen LogP contribution in [-0.2, 0) is 6.42 Å². The van der Waals surface area contributed by atoms with Crippen LogP contribution < -0.4 is 0 Å². The zero-order chi connectivity index (χ0) is 16.0. The summed E-state index contributed by atoms with van der Waals surface area (Å²) in [5, 5.41) is 10.9. The lowest BCUT2D eigenvalue weighted by atomic mass is 9.81. The van der Waals surface area contributed by atoms with Crippen molar-refractivity contribution in [2.45, 2.75) is 65.5 Å². The molecule has 0 fully saturated rings. The average Bonchev–Trinajstić information content (AvgIpc) is 2.47. The molecule has 21 heavy (non-hydrogen) atoms. The van der Waals surface area contributed by atoms with Crippen LogP contribution in [0.15, 0.2) is 18.2 Å². The minimum Gasteiger partial charge on any atom is -0.391 e. The van der Waals surface area contributed by atoms with E-state index in [1.807, 2.05) is 6.92 Å². The third kappa shape index (κ3) is 3.83. The van der Waals surface area contributed by atoms with Gasteiger partial charge in [0.15, 0.2) is 0 Å². The Bertz CT molecular complexity index is 439. The minimum absolute atomic E-state index is 0.204. The van der Waals surface area contributed by atoms with Crippen LogP contribution in [0, 0.1) is 12.7 Å². The fourth-order valence-corrected chi connectivity index (χ4v) is 3.52. The third-order valence-corrected chi connectivity index (χ3v) is 4.96. The molecule has 0 heterocycles. The van der Waals surface area contributed by atoms with Crippen molar-refractivity contribution in [2.24, 2.45) is 0 Å². The van der Waals surface area contributed by atoms with E-state index in [0.29, 0.717) is 6.42 Å². The highest BCUT2D eigenvalue weighted by atomic mass is 19.1. The molecule has 0 saturated heterocycles. The molecule has 3 heteroatoms. The normalized spacial score (nSPS) is 13.7. The summed E-state index contributed by atoms with van der Waals surface area (Å²) in [6.07, 6.45) is 1.94. The highest BCUT2D eigenvalue weighted by Crippen LogP contribution is 2.30. The molecule has 0 spiro atoms. The number of nitrogens with zero attached hydrogens (tertiary/aromatic N) is 1. The Morgan fingerprint density at radius 3 is 2.14 bits per heavy atom. The summed E-state index contributed by atoms with van der Waals surface area (Å²) in [6, 6.07) is 4.82. The smallest absolute Gasteiger partial charge is 0.123 e. The van der Waals surface area contributed by atoms with Crippen LogP contribution in [0.4, 0.5) is 4.39 Å². The molecule has 1 unspecified atom stereocenters. The van der Waals surface area contributed by atoms with Crippen LogP contribution in [0.25, 0.3) is 0 Å². The standard InChI is InChI=1S/C18H30FNO/c1-6-18(7-2,20(8-3)9-4)17(21)13-15-10-11-16(19)12-14(15)5/h10-12,17,21H,6-9,13H2,1-5H3. The van der Waals surface area contributed by atoms with E-state index in [1.165, 1.54) is 6.07 Å². The van der Waals surface area contributed by atoms with Gasteiger partial charge in [0.2, 0.25) is 0 Å². The van der Waals surface area contributed by atoms with Gasteiger partial charge in [0.25, 0.3) is 0 Å². The molecule has 120 valence electrons. The number of aliphatic hydroxyl groups excluding tert-OH is 1. The molecule has 1 aromatic rings. The molecule has 1 aromatic carbocycles. The first-order valence-corrected chi connectivity index (χ1v) is 8.13. The Balaban J connectivity index is 3.03. The zero-order valence-electron chi connectivity index (χ0n) is 14.1. The summed E-state index contributed by atoms with van der Waals surface area (Å²) in [5.74, 6) is -0.216. The molecule has 0 aliphatic carbocycles. The molecule has 0 bridgehead atoms. The van der Waals surface area contributed by atoms with E-state index >= 15 is 0 Å². The Hall–Kier alpha value is -0.930. The maximum atomic E-state index is 13.2. The summed E-state index contributed by atoms with van der Waals surface area (Å²) in [5.41, 5.74) is 1.74. The second kappa shape index (κ2) is 7.90. The van der Waals surface area contributed by atoms with E-state index in [2.05, 4.69) is 32.6 Å². The molecule has 1 N–H and O–H groups in total. The fraction of sp³-hybridized carbons (Fsp3) is 0.667. The summed E-state index contributed by atoms with van der Waals surface area (Å²) < 4.78 is 13.2. The predicted octanol–water partition coefficient (Wildman–Crippen LogP) is 3.94. The first-order valence-electron chi connectivity index (χ1n) is 8.13. The van der Waals surface area contributed by atoms with Gasteiger partial charge < -0.3 is 5.11 Å². The Morgan fingerprint density at radius 2 is 1.71 bits per heavy atom. The van der Waals surface area contributed by atoms with Crippen LogP contribution >= 0.6 is 0 Å². The lowest BCUT2D eigenvalue weighted by Crippen LogP contribution is -2.56. The number of aliphatic hydroxyl groups is 1. The van der Waals surface area contributed by atoms with Crippen molar-refractivity contribution in [1.29, 1.82) is 0 Å². The number of likely N-dealkylation sites (N-methyl/N-ethyl adjacent to an activating group) is 1. The van der Waals surface area contributed by atoms with Crippen molar-refractivity contribution in [3.05, 3.63) is 35.1 Å². The van der Waals surface area contributed by atoms with Crippen molar-refractivity contribution >= 4 is 0 Å². The molecule has 1 atom stereocenters. The largest absolute Gasteiger partial charge is 0.391 e. The molecule has 2 nitrogen and oxygen atoms in total. The third-order valence-electron chi connectivity index (χ3n) is 4.96. The first kappa shape index (κ1) is 18.1. The molecule has 0 aliphatic rings. The van der Waals surface area contributed by atoms with Crippen molar-refractivity contribution in [3.63, 3.8) is 0 Å². The quantitative estimate of drug-likeness (QED) is 0.785. The van der Waals surface area contributed by atoms with E-state index in [1.54, 1.807) is 12.1 Å². The van der Waals surface area contributed by atoms with Gasteiger partial charge in [-0.3, -0.25) is 4.90 Å². The number of halogens is 1. The van der Waals surface area contributed by atoms with E-state index in [0.717, 1.165) is 37.1 Å². The first-order chi connectivity index (χ1) is 9.94. The van der Waals surface area contributed by atoms with Gasteiger partial charge >= 0.3 is 0 Å². The topological polar surface area (TPSA) is 23.5 Å². The summed E-state index contributed by atoms with van der Waals surface area (Å²) in [7, 11) is 0. The van der Waals surface area contributed by atoms with Crippen molar-refractivity contribution in [2.75, 3.05) is 13.1 Å². The second-order valence-corrected chi connectivity index (χ2v) is 5.77. The maximum Gasteiger partial charge on any atom is 0.123 e. The molecular formula is C18H30FNO. The number of rotatable bonds is 8. The molecule has 0 amide bonds. The van der Waals surface area contributed by atoms with Crippen LogP contribution in [0.1, 0.15) is 51.7 Å². The highest BCUT2D eigenvalue weighted by molar-refractivity contribution is 5.27. The van der Waals surface area contributed by atoms with Crippen LogP contribution in [0.5, 0.6) is 0 Å². The van der Waals surface area contributed by atoms with Crippen molar-refractivity contribution < 1.29 is 9.50 Å². The van der Waals surface area contributed by atoms with E-state index in [9.17, 15) is 9.50 Å². The van der Waals surface area contributed by atoms with Crippen LogP contribution in [0.3, 0.4) is 0 Å². The SMILES string of the molecule is CCN(CC)C(CC)(CC)C(O)Cc1ccc(F)cc1C. The predicted molar refractivity (Wildman–Crippen MR) is 87.1 cm³/mol. The summed E-state index contributed by atoms with van der Waals surface area (Å²) in [6.45, 7) is 12.3. The monoisotopic (exact) mass is 295 g/mol. The Labute approximate surface area is 129 Å². The maximum absolute atomic E-state index is 13.2. The molecular weight excluding hydrogens is 265 g/mol. The van der Waals surface area contributed by atoms with Gasteiger partial charge in [0.05, 0.1) is 6.10 Å². The molecule has 0 aliphatic heterocycles. The Kier molecular flexibility index (Phi) is 6.82. The van der Waals surface area contributed by atoms with Gasteiger partial charge in [-0.25, -0.2) is 4.39 Å². The van der Waals surface area contributed by atoms with Gasteiger partial charge in [-0.05, 0) is 56.1 Å². The van der Waals surface area contributed by atoms with Crippen molar-refractivity contribution in [1.82, 2.24) is 4.90 Å². The van der Waals surface area contributed by atoms with Gasteiger partial charge in [-0.1, -0.05) is 33.8 Å². The zero-order valence-corrected chi connectivity index (χ0v) is 14.1. The van der Waals surface area contributed by atoms with Gasteiger partial charge in [-0.15, -0.1) is 0 Å². The summed E-state index contributed by atoms with van der Waals surface area (Å²) >= 11 is 0. The molecule has 0 radical (unpaired) electrons. The molecule has 0 saturated carbocycles. The van der Waals surface area contributed by atoms with Crippen LogP contribution in [-0.4, -0.2) is 34.7 Å². The number of benzene rings is 1. The number of aryl methyl sites for hydroxylation is 1. The number of hydrogen-bond donors (Lipinski definition) is 1. The van der Waals surface area contributed by atoms with E-state index in [-0.39, 0.29) is 11.4 Å². The second-order valence-electron chi connectivity index (χ2n) is 5.77. The molecule has 0 aromatic heterocycles. The average molecular weight is 295 g/mol. The van der Waals surface area contributed by atoms with E-state index < -0.39 is 6.10 Å². The molecule has 1 rings (SSSR count). The Morgan fingerprint density at radius 1 is 1.14 bits per heavy atom. The van der Waals surface area contributed by atoms with Crippen LogP contribution in [0.2, 0.25) is 0 Å². The summed E-state index contributed by atoms with van der Waals surface area (Å²) in [4.78, 5) is 2.36. The minimum atomic E-state index is -0.448. The fourth-order valence-electron chi connectivity index (χ4n) is 3.52. The van der Waals surface area contributed by atoms with E-state index in [4.69, 9.17) is 0 Å². The lowest BCUT2D eigenvalue weighted by molar-refractivity contribution is -0.0341. The van der Waals surface area contributed by atoms with Gasteiger partial charge in [0.1, 0.15) is 5.82 Å². The van der Waals surface area contributed by atoms with Crippen molar-refractivity contribution in [3.8, 4) is 0 Å². The van der Waals surface area contributed by atoms with Gasteiger partial charge in [0, 0.05) is 12.0 Å².